The van der Waals surface area contributed by atoms with Gasteiger partial charge in [-0.2, -0.15) is 0 Å². The molecule has 2 heteroatoms. The van der Waals surface area contributed by atoms with E-state index in [1.165, 1.54) is 5.56 Å². The van der Waals surface area contributed by atoms with Gasteiger partial charge in [-0.1, -0.05) is 37.8 Å². The largest absolute Gasteiger partial charge is 0.494 e. The van der Waals surface area contributed by atoms with Crippen molar-refractivity contribution in [3.05, 3.63) is 42.0 Å². The number of ether oxygens (including phenoxy) is 1. The molecule has 2 nitrogen and oxygen atoms in total. The second-order valence-corrected chi connectivity index (χ2v) is 4.12. The van der Waals surface area contributed by atoms with Crippen molar-refractivity contribution in [2.24, 2.45) is 0 Å². The lowest BCUT2D eigenvalue weighted by atomic mass is 10.0. The zero-order chi connectivity index (χ0) is 12.7. The molecule has 0 aromatic heterocycles. The molecule has 1 aromatic carbocycles. The molecule has 94 valence electrons. The molecule has 17 heavy (non-hydrogen) atoms. The Morgan fingerprint density at radius 2 is 2.06 bits per heavy atom. The molecular formula is C15H23NO. The van der Waals surface area contributed by atoms with Crippen molar-refractivity contribution in [3.63, 3.8) is 0 Å². The molecule has 1 atom stereocenters. The highest BCUT2D eigenvalue weighted by molar-refractivity contribution is 5.61. The van der Waals surface area contributed by atoms with Crippen molar-refractivity contribution in [3.8, 4) is 0 Å². The van der Waals surface area contributed by atoms with Crippen LogP contribution in [0.3, 0.4) is 0 Å². The minimum absolute atomic E-state index is 0.323. The van der Waals surface area contributed by atoms with E-state index in [-0.39, 0.29) is 0 Å². The van der Waals surface area contributed by atoms with Crippen LogP contribution in [0.15, 0.2) is 30.8 Å². The van der Waals surface area contributed by atoms with Crippen LogP contribution in [0.2, 0.25) is 0 Å². The first-order valence-electron chi connectivity index (χ1n) is 6.35. The Morgan fingerprint density at radius 3 is 2.71 bits per heavy atom. The van der Waals surface area contributed by atoms with E-state index < -0.39 is 0 Å². The van der Waals surface area contributed by atoms with Gasteiger partial charge >= 0.3 is 0 Å². The van der Waals surface area contributed by atoms with Crippen LogP contribution in [0.4, 0.5) is 0 Å². The highest BCUT2D eigenvalue weighted by Crippen LogP contribution is 2.24. The van der Waals surface area contributed by atoms with Crippen molar-refractivity contribution in [1.29, 1.82) is 0 Å². The molecule has 0 saturated carbocycles. The Balaban J connectivity index is 2.87. The molecule has 0 aliphatic heterocycles. The minimum atomic E-state index is 0.323. The second kappa shape index (κ2) is 7.13. The molecule has 0 aliphatic rings. The van der Waals surface area contributed by atoms with Crippen molar-refractivity contribution in [2.75, 3.05) is 13.2 Å². The zero-order valence-corrected chi connectivity index (χ0v) is 11.1. The summed E-state index contributed by atoms with van der Waals surface area (Å²) in [5, 5.41) is 3.49. The van der Waals surface area contributed by atoms with Crippen molar-refractivity contribution in [2.45, 2.75) is 33.2 Å². The first-order valence-corrected chi connectivity index (χ1v) is 6.35. The van der Waals surface area contributed by atoms with E-state index in [4.69, 9.17) is 4.74 Å². The van der Waals surface area contributed by atoms with Crippen LogP contribution in [-0.2, 0) is 4.74 Å². The Labute approximate surface area is 105 Å². The van der Waals surface area contributed by atoms with Gasteiger partial charge in [-0.15, -0.1) is 0 Å². The molecular weight excluding hydrogens is 210 g/mol. The first-order chi connectivity index (χ1) is 8.20. The van der Waals surface area contributed by atoms with Crippen LogP contribution in [0.5, 0.6) is 0 Å². The van der Waals surface area contributed by atoms with E-state index >= 15 is 0 Å². The molecule has 1 N–H and O–H groups in total. The summed E-state index contributed by atoms with van der Waals surface area (Å²) in [7, 11) is 0. The van der Waals surface area contributed by atoms with Crippen LogP contribution < -0.4 is 5.32 Å². The number of rotatable bonds is 7. The van der Waals surface area contributed by atoms with Gasteiger partial charge in [0.15, 0.2) is 0 Å². The van der Waals surface area contributed by atoms with Gasteiger partial charge in [0, 0.05) is 11.6 Å². The monoisotopic (exact) mass is 233 g/mol. The number of benzene rings is 1. The summed E-state index contributed by atoms with van der Waals surface area (Å²) in [6.45, 7) is 12.0. The van der Waals surface area contributed by atoms with E-state index in [1.807, 2.05) is 13.0 Å². The van der Waals surface area contributed by atoms with Crippen molar-refractivity contribution >= 4 is 5.76 Å². The van der Waals surface area contributed by atoms with Crippen molar-refractivity contribution < 1.29 is 4.74 Å². The predicted octanol–water partition coefficient (Wildman–Crippen LogP) is 3.75. The summed E-state index contributed by atoms with van der Waals surface area (Å²) in [5.74, 6) is 0.758. The Kier molecular flexibility index (Phi) is 5.78. The topological polar surface area (TPSA) is 21.3 Å². The zero-order valence-electron chi connectivity index (χ0n) is 11.1. The maximum atomic E-state index is 5.50. The third kappa shape index (κ3) is 3.90. The average molecular weight is 233 g/mol. The van der Waals surface area contributed by atoms with Gasteiger partial charge in [0.25, 0.3) is 0 Å². The van der Waals surface area contributed by atoms with Crippen LogP contribution >= 0.6 is 0 Å². The number of nitrogens with one attached hydrogen (secondary N) is 1. The Hall–Kier alpha value is -1.28. The lowest BCUT2D eigenvalue weighted by Crippen LogP contribution is -2.20. The SMILES string of the molecule is C=C(OCC)c1ccccc1C(C)NCCC. The van der Waals surface area contributed by atoms with Gasteiger partial charge in [-0.25, -0.2) is 0 Å². The van der Waals surface area contributed by atoms with Gasteiger partial charge in [0.2, 0.25) is 0 Å². The van der Waals surface area contributed by atoms with Crippen LogP contribution in [0, 0.1) is 0 Å². The maximum Gasteiger partial charge on any atom is 0.119 e. The molecule has 0 aliphatic carbocycles. The molecule has 0 amide bonds. The van der Waals surface area contributed by atoms with Gasteiger partial charge in [-0.3, -0.25) is 0 Å². The summed E-state index contributed by atoms with van der Waals surface area (Å²) in [6.07, 6.45) is 1.14. The molecule has 0 radical (unpaired) electrons. The highest BCUT2D eigenvalue weighted by atomic mass is 16.5. The van der Waals surface area contributed by atoms with Gasteiger partial charge in [0.05, 0.1) is 6.61 Å². The minimum Gasteiger partial charge on any atom is -0.494 e. The molecule has 0 bridgehead atoms. The maximum absolute atomic E-state index is 5.50. The molecule has 1 rings (SSSR count). The summed E-state index contributed by atoms with van der Waals surface area (Å²) in [5.41, 5.74) is 2.35. The van der Waals surface area contributed by atoms with Gasteiger partial charge < -0.3 is 10.1 Å². The lowest BCUT2D eigenvalue weighted by molar-refractivity contribution is 0.298. The van der Waals surface area contributed by atoms with E-state index in [2.05, 4.69) is 43.9 Å². The molecule has 0 spiro atoms. The molecule has 1 unspecified atom stereocenters. The first kappa shape index (κ1) is 13.8. The number of hydrogen-bond donors (Lipinski definition) is 1. The standard InChI is InChI=1S/C15H23NO/c1-5-11-16-12(3)14-9-7-8-10-15(14)13(4)17-6-2/h7-10,12,16H,4-6,11H2,1-3H3. The fourth-order valence-corrected chi connectivity index (χ4v) is 1.85. The lowest BCUT2D eigenvalue weighted by Gasteiger charge is -2.18. The third-order valence-corrected chi connectivity index (χ3v) is 2.75. The molecule has 0 fully saturated rings. The summed E-state index contributed by atoms with van der Waals surface area (Å²) < 4.78 is 5.50. The predicted molar refractivity (Wildman–Crippen MR) is 73.8 cm³/mol. The fraction of sp³-hybridized carbons (Fsp3) is 0.467. The van der Waals surface area contributed by atoms with Gasteiger partial charge in [-0.05, 0) is 32.4 Å². The summed E-state index contributed by atoms with van der Waals surface area (Å²) in [4.78, 5) is 0. The quantitative estimate of drug-likeness (QED) is 0.724. The van der Waals surface area contributed by atoms with E-state index in [1.54, 1.807) is 0 Å². The molecule has 0 heterocycles. The highest BCUT2D eigenvalue weighted by Gasteiger charge is 2.11. The van der Waals surface area contributed by atoms with E-state index in [0.717, 1.165) is 24.3 Å². The third-order valence-electron chi connectivity index (χ3n) is 2.75. The van der Waals surface area contributed by atoms with E-state index in [9.17, 15) is 0 Å². The number of hydrogen-bond acceptors (Lipinski definition) is 2. The summed E-state index contributed by atoms with van der Waals surface area (Å²) in [6, 6.07) is 8.60. The molecule has 1 aromatic rings. The smallest absolute Gasteiger partial charge is 0.119 e. The van der Waals surface area contributed by atoms with Crippen LogP contribution in [0.25, 0.3) is 5.76 Å². The summed E-state index contributed by atoms with van der Waals surface area (Å²) >= 11 is 0. The molecule has 0 saturated heterocycles. The van der Waals surface area contributed by atoms with Crippen molar-refractivity contribution in [1.82, 2.24) is 5.32 Å². The fourth-order valence-electron chi connectivity index (χ4n) is 1.85. The average Bonchev–Trinajstić information content (AvgIpc) is 2.36. The Bertz CT molecular complexity index is 360. The van der Waals surface area contributed by atoms with E-state index in [0.29, 0.717) is 12.6 Å². The van der Waals surface area contributed by atoms with Gasteiger partial charge in [0.1, 0.15) is 5.76 Å². The Morgan fingerprint density at radius 1 is 1.35 bits per heavy atom. The second-order valence-electron chi connectivity index (χ2n) is 4.12. The van der Waals surface area contributed by atoms with Crippen LogP contribution in [-0.4, -0.2) is 13.2 Å². The van der Waals surface area contributed by atoms with Crippen LogP contribution in [0.1, 0.15) is 44.4 Å². The normalized spacial score (nSPS) is 12.2.